The van der Waals surface area contributed by atoms with Crippen LogP contribution in [0.3, 0.4) is 0 Å². The van der Waals surface area contributed by atoms with Gasteiger partial charge in [-0.15, -0.1) is 5.10 Å². The van der Waals surface area contributed by atoms with Gasteiger partial charge in [-0.25, -0.2) is 9.48 Å². The van der Waals surface area contributed by atoms with Gasteiger partial charge in [-0.2, -0.15) is 0 Å². The van der Waals surface area contributed by atoms with Crippen molar-refractivity contribution in [3.8, 4) is 0 Å². The first-order valence-corrected chi connectivity index (χ1v) is 7.27. The summed E-state index contributed by atoms with van der Waals surface area (Å²) in [6, 6.07) is 5.61. The predicted octanol–water partition coefficient (Wildman–Crippen LogP) is 0.133. The Labute approximate surface area is 118 Å². The van der Waals surface area contributed by atoms with E-state index < -0.39 is 0 Å². The van der Waals surface area contributed by atoms with E-state index in [-0.39, 0.29) is 5.69 Å². The molecule has 0 atom stereocenters. The number of rotatable bonds is 4. The van der Waals surface area contributed by atoms with Gasteiger partial charge < -0.3 is 4.90 Å². The summed E-state index contributed by atoms with van der Waals surface area (Å²) < 4.78 is 3.16. The Kier molecular flexibility index (Phi) is 3.84. The Bertz CT molecular complexity index is 624. The van der Waals surface area contributed by atoms with E-state index in [0.29, 0.717) is 12.2 Å². The van der Waals surface area contributed by atoms with Crippen molar-refractivity contribution in [2.75, 3.05) is 39.3 Å². The Morgan fingerprint density at radius 2 is 1.85 bits per heavy atom. The molecule has 20 heavy (non-hydrogen) atoms. The highest BCUT2D eigenvalue weighted by molar-refractivity contribution is 5.35. The molecule has 108 valence electrons. The van der Waals surface area contributed by atoms with Crippen LogP contribution in [0.5, 0.6) is 0 Å². The molecule has 1 aliphatic rings. The van der Waals surface area contributed by atoms with E-state index in [2.05, 4.69) is 21.8 Å². The van der Waals surface area contributed by atoms with Gasteiger partial charge in [0.1, 0.15) is 0 Å². The molecule has 0 bridgehead atoms. The van der Waals surface area contributed by atoms with E-state index in [1.807, 2.05) is 18.2 Å². The normalized spacial score (nSPS) is 17.9. The van der Waals surface area contributed by atoms with Gasteiger partial charge in [-0.3, -0.25) is 9.30 Å². The van der Waals surface area contributed by atoms with Crippen molar-refractivity contribution in [1.82, 2.24) is 24.0 Å². The van der Waals surface area contributed by atoms with Crippen LogP contribution in [0.1, 0.15) is 6.92 Å². The molecule has 0 aromatic carbocycles. The van der Waals surface area contributed by atoms with Gasteiger partial charge in [0, 0.05) is 38.9 Å². The van der Waals surface area contributed by atoms with E-state index in [0.717, 1.165) is 39.3 Å². The lowest BCUT2D eigenvalue weighted by Gasteiger charge is -2.33. The van der Waals surface area contributed by atoms with Gasteiger partial charge in [-0.1, -0.05) is 13.0 Å². The lowest BCUT2D eigenvalue weighted by Crippen LogP contribution is -2.47. The summed E-state index contributed by atoms with van der Waals surface area (Å²) in [5.74, 6) is 0. The van der Waals surface area contributed by atoms with E-state index in [4.69, 9.17) is 0 Å². The Balaban J connectivity index is 1.63. The minimum Gasteiger partial charge on any atom is -0.301 e. The highest BCUT2D eigenvalue weighted by Crippen LogP contribution is 2.01. The second-order valence-electron chi connectivity index (χ2n) is 5.21. The molecule has 0 N–H and O–H groups in total. The van der Waals surface area contributed by atoms with Gasteiger partial charge in [0.2, 0.25) is 0 Å². The molecule has 1 fully saturated rings. The summed E-state index contributed by atoms with van der Waals surface area (Å²) in [6.45, 7) is 9.28. The zero-order chi connectivity index (χ0) is 13.9. The molecule has 3 rings (SSSR count). The van der Waals surface area contributed by atoms with Gasteiger partial charge in [-0.05, 0) is 18.7 Å². The molecule has 1 saturated heterocycles. The highest BCUT2D eigenvalue weighted by atomic mass is 16.2. The lowest BCUT2D eigenvalue weighted by atomic mass is 10.3. The first-order chi connectivity index (χ1) is 9.78. The number of aromatic nitrogens is 3. The minimum atomic E-state index is -0.0483. The molecule has 1 aliphatic heterocycles. The fourth-order valence-corrected chi connectivity index (χ4v) is 2.68. The monoisotopic (exact) mass is 275 g/mol. The van der Waals surface area contributed by atoms with Crippen LogP contribution >= 0.6 is 0 Å². The fraction of sp³-hybridized carbons (Fsp3) is 0.571. The summed E-state index contributed by atoms with van der Waals surface area (Å²) in [6.07, 6.45) is 1.77. The molecule has 6 heteroatoms. The van der Waals surface area contributed by atoms with Gasteiger partial charge in [0.15, 0.2) is 5.65 Å². The molecule has 3 heterocycles. The third kappa shape index (κ3) is 2.62. The number of hydrogen-bond donors (Lipinski definition) is 0. The zero-order valence-corrected chi connectivity index (χ0v) is 11.9. The van der Waals surface area contributed by atoms with E-state index in [1.165, 1.54) is 0 Å². The van der Waals surface area contributed by atoms with Gasteiger partial charge in [0.25, 0.3) is 0 Å². The summed E-state index contributed by atoms with van der Waals surface area (Å²) in [5, 5.41) is 4.36. The molecular weight excluding hydrogens is 254 g/mol. The largest absolute Gasteiger partial charge is 0.350 e. The summed E-state index contributed by atoms with van der Waals surface area (Å²) >= 11 is 0. The topological polar surface area (TPSA) is 45.8 Å². The van der Waals surface area contributed by atoms with Gasteiger partial charge in [0.05, 0.1) is 6.54 Å². The summed E-state index contributed by atoms with van der Waals surface area (Å²) in [7, 11) is 0. The molecule has 0 amide bonds. The molecule has 0 aliphatic carbocycles. The fourth-order valence-electron chi connectivity index (χ4n) is 2.68. The number of piperazine rings is 1. The van der Waals surface area contributed by atoms with Crippen LogP contribution in [0, 0.1) is 0 Å². The van der Waals surface area contributed by atoms with Crippen molar-refractivity contribution in [3.05, 3.63) is 34.9 Å². The molecule has 0 spiro atoms. The zero-order valence-electron chi connectivity index (χ0n) is 11.9. The van der Waals surface area contributed by atoms with Crippen molar-refractivity contribution in [2.24, 2.45) is 0 Å². The van der Waals surface area contributed by atoms with Crippen molar-refractivity contribution < 1.29 is 0 Å². The maximum atomic E-state index is 12.1. The quantitative estimate of drug-likeness (QED) is 0.796. The van der Waals surface area contributed by atoms with Crippen LogP contribution in [-0.4, -0.2) is 63.2 Å². The number of pyridine rings is 1. The van der Waals surface area contributed by atoms with E-state index in [1.54, 1.807) is 15.3 Å². The van der Waals surface area contributed by atoms with Crippen LogP contribution in [-0.2, 0) is 6.54 Å². The van der Waals surface area contributed by atoms with Crippen LogP contribution in [0.2, 0.25) is 0 Å². The minimum absolute atomic E-state index is 0.0483. The first-order valence-electron chi connectivity index (χ1n) is 7.27. The molecule has 0 unspecified atom stereocenters. The molecule has 2 aromatic rings. The second-order valence-corrected chi connectivity index (χ2v) is 5.21. The SMILES string of the molecule is CCN1CCN(CCn2nc3ccccn3c2=O)CC1. The van der Waals surface area contributed by atoms with Crippen LogP contribution in [0.4, 0.5) is 0 Å². The lowest BCUT2D eigenvalue weighted by molar-refractivity contribution is 0.132. The first kappa shape index (κ1) is 13.3. The molecule has 6 nitrogen and oxygen atoms in total. The third-order valence-corrected chi connectivity index (χ3v) is 4.03. The maximum absolute atomic E-state index is 12.1. The van der Waals surface area contributed by atoms with Crippen LogP contribution in [0.25, 0.3) is 5.65 Å². The van der Waals surface area contributed by atoms with Gasteiger partial charge >= 0.3 is 5.69 Å². The molecule has 0 radical (unpaired) electrons. The van der Waals surface area contributed by atoms with Crippen LogP contribution < -0.4 is 5.69 Å². The van der Waals surface area contributed by atoms with Crippen LogP contribution in [0.15, 0.2) is 29.2 Å². The maximum Gasteiger partial charge on any atom is 0.350 e. The number of likely N-dealkylation sites (N-methyl/N-ethyl adjacent to an activating group) is 1. The standard InChI is InChI=1S/C14H21N5O/c1-2-16-7-9-17(10-8-16)11-12-19-14(20)18-6-4-3-5-13(18)15-19/h3-6H,2,7-12H2,1H3. The average molecular weight is 275 g/mol. The summed E-state index contributed by atoms with van der Waals surface area (Å²) in [5.41, 5.74) is 0.668. The number of nitrogens with zero attached hydrogens (tertiary/aromatic N) is 5. The Morgan fingerprint density at radius 3 is 2.55 bits per heavy atom. The third-order valence-electron chi connectivity index (χ3n) is 4.03. The second kappa shape index (κ2) is 5.76. The number of fused-ring (bicyclic) bond motifs is 1. The Morgan fingerprint density at radius 1 is 1.10 bits per heavy atom. The predicted molar refractivity (Wildman–Crippen MR) is 78.0 cm³/mol. The highest BCUT2D eigenvalue weighted by Gasteiger charge is 2.15. The average Bonchev–Trinajstić information content (AvgIpc) is 2.83. The Hall–Kier alpha value is -1.66. The molecule has 0 saturated carbocycles. The number of hydrogen-bond acceptors (Lipinski definition) is 4. The smallest absolute Gasteiger partial charge is 0.301 e. The summed E-state index contributed by atoms with van der Waals surface area (Å²) in [4.78, 5) is 17.0. The van der Waals surface area contributed by atoms with E-state index in [9.17, 15) is 4.79 Å². The van der Waals surface area contributed by atoms with Crippen molar-refractivity contribution in [1.29, 1.82) is 0 Å². The molecule has 2 aromatic heterocycles. The van der Waals surface area contributed by atoms with Crippen molar-refractivity contribution in [3.63, 3.8) is 0 Å². The molecular formula is C14H21N5O. The van der Waals surface area contributed by atoms with Crippen molar-refractivity contribution in [2.45, 2.75) is 13.5 Å². The van der Waals surface area contributed by atoms with E-state index >= 15 is 0 Å². The van der Waals surface area contributed by atoms with Crippen molar-refractivity contribution >= 4 is 5.65 Å².